The van der Waals surface area contributed by atoms with Crippen molar-refractivity contribution in [2.24, 2.45) is 0 Å². The van der Waals surface area contributed by atoms with E-state index >= 15 is 0 Å². The van der Waals surface area contributed by atoms with Crippen molar-refractivity contribution in [3.8, 4) is 0 Å². The molecule has 0 aromatic heterocycles. The van der Waals surface area contributed by atoms with Crippen molar-refractivity contribution < 1.29 is 9.53 Å². The van der Waals surface area contributed by atoms with Crippen LogP contribution in [0.4, 0.5) is 5.69 Å². The second kappa shape index (κ2) is 5.03. The van der Waals surface area contributed by atoms with Crippen LogP contribution in [-0.4, -0.2) is 13.1 Å². The second-order valence-corrected chi connectivity index (χ2v) is 3.89. The molecule has 1 unspecified atom stereocenters. The third-order valence-electron chi connectivity index (χ3n) is 2.28. The highest BCUT2D eigenvalue weighted by atomic mass is 35.5. The lowest BCUT2D eigenvalue weighted by Gasteiger charge is -2.13. The maximum Gasteiger partial charge on any atom is 0.306 e. The van der Waals surface area contributed by atoms with Gasteiger partial charge in [0.15, 0.2) is 0 Å². The number of halogens is 1. The van der Waals surface area contributed by atoms with Gasteiger partial charge in [0.25, 0.3) is 0 Å². The van der Waals surface area contributed by atoms with Crippen LogP contribution in [0, 0.1) is 0 Å². The fourth-order valence-electron chi connectivity index (χ4n) is 1.42. The smallest absolute Gasteiger partial charge is 0.306 e. The molecule has 0 saturated heterocycles. The monoisotopic (exact) mass is 227 g/mol. The van der Waals surface area contributed by atoms with Crippen molar-refractivity contribution in [1.82, 2.24) is 0 Å². The fourth-order valence-corrected chi connectivity index (χ4v) is 1.60. The number of carbonyl (C=O) groups is 1. The Balaban J connectivity index is 2.85. The minimum Gasteiger partial charge on any atom is -0.469 e. The van der Waals surface area contributed by atoms with Crippen molar-refractivity contribution in [3.05, 3.63) is 28.8 Å². The van der Waals surface area contributed by atoms with E-state index in [1.54, 1.807) is 18.2 Å². The normalized spacial score (nSPS) is 12.2. The molecule has 0 aliphatic heterocycles. The minimum atomic E-state index is -0.248. The number of hydrogen-bond donors (Lipinski definition) is 1. The maximum atomic E-state index is 11.1. The van der Waals surface area contributed by atoms with Gasteiger partial charge in [-0.05, 0) is 29.7 Å². The number of ether oxygens (including phenoxy) is 1. The lowest BCUT2D eigenvalue weighted by molar-refractivity contribution is -0.140. The molecule has 3 nitrogen and oxygen atoms in total. The van der Waals surface area contributed by atoms with Gasteiger partial charge in [-0.1, -0.05) is 18.5 Å². The number of rotatable bonds is 3. The number of benzene rings is 1. The lowest BCUT2D eigenvalue weighted by Crippen LogP contribution is -2.07. The predicted molar refractivity (Wildman–Crippen MR) is 60.9 cm³/mol. The Morgan fingerprint density at radius 3 is 2.87 bits per heavy atom. The number of esters is 1. The Labute approximate surface area is 94.2 Å². The van der Waals surface area contributed by atoms with Gasteiger partial charge >= 0.3 is 5.97 Å². The fraction of sp³-hybridized carbons (Fsp3) is 0.364. The molecule has 4 heteroatoms. The largest absolute Gasteiger partial charge is 0.469 e. The predicted octanol–water partition coefficient (Wildman–Crippen LogP) is 2.59. The van der Waals surface area contributed by atoms with E-state index in [0.29, 0.717) is 17.1 Å². The molecule has 15 heavy (non-hydrogen) atoms. The highest BCUT2D eigenvalue weighted by molar-refractivity contribution is 6.30. The number of nitrogens with two attached hydrogens (primary N) is 1. The SMILES string of the molecule is COC(=O)CC(C)c1cc(Cl)ccc1N. The Hall–Kier alpha value is -1.22. The first-order valence-electron chi connectivity index (χ1n) is 4.66. The van der Waals surface area contributed by atoms with Crippen LogP contribution in [0.5, 0.6) is 0 Å². The molecule has 1 atom stereocenters. The zero-order valence-electron chi connectivity index (χ0n) is 8.79. The average Bonchev–Trinajstić information content (AvgIpc) is 2.21. The number of methoxy groups -OCH3 is 1. The first kappa shape index (κ1) is 11.9. The van der Waals surface area contributed by atoms with Gasteiger partial charge in [0.2, 0.25) is 0 Å². The highest BCUT2D eigenvalue weighted by Crippen LogP contribution is 2.27. The van der Waals surface area contributed by atoms with Gasteiger partial charge in [-0.2, -0.15) is 0 Å². The number of anilines is 1. The maximum absolute atomic E-state index is 11.1. The van der Waals surface area contributed by atoms with Crippen LogP contribution < -0.4 is 5.73 Å². The Morgan fingerprint density at radius 2 is 2.27 bits per heavy atom. The summed E-state index contributed by atoms with van der Waals surface area (Å²) in [6, 6.07) is 5.25. The van der Waals surface area contributed by atoms with Gasteiger partial charge in [-0.15, -0.1) is 0 Å². The summed E-state index contributed by atoms with van der Waals surface area (Å²) in [6.07, 6.45) is 0.307. The minimum absolute atomic E-state index is 0.0103. The van der Waals surface area contributed by atoms with Crippen molar-refractivity contribution in [3.63, 3.8) is 0 Å². The summed E-state index contributed by atoms with van der Waals surface area (Å²) in [4.78, 5) is 11.1. The molecule has 1 aromatic carbocycles. The van der Waals surface area contributed by atoms with Crippen molar-refractivity contribution in [2.75, 3.05) is 12.8 Å². The van der Waals surface area contributed by atoms with E-state index in [0.717, 1.165) is 5.56 Å². The molecule has 0 radical (unpaired) electrons. The zero-order chi connectivity index (χ0) is 11.4. The summed E-state index contributed by atoms with van der Waals surface area (Å²) in [7, 11) is 1.37. The third kappa shape index (κ3) is 3.13. The topological polar surface area (TPSA) is 52.3 Å². The summed E-state index contributed by atoms with van der Waals surface area (Å²) in [5.41, 5.74) is 7.33. The molecule has 0 fully saturated rings. The number of carbonyl (C=O) groups excluding carboxylic acids is 1. The summed E-state index contributed by atoms with van der Waals surface area (Å²) in [5.74, 6) is -0.238. The molecule has 2 N–H and O–H groups in total. The van der Waals surface area contributed by atoms with Crippen LogP contribution in [0.3, 0.4) is 0 Å². The van der Waals surface area contributed by atoms with Crippen LogP contribution in [0.25, 0.3) is 0 Å². The zero-order valence-corrected chi connectivity index (χ0v) is 9.54. The van der Waals surface area contributed by atoms with Gasteiger partial charge in [0.1, 0.15) is 0 Å². The molecule has 0 spiro atoms. The van der Waals surface area contributed by atoms with E-state index in [2.05, 4.69) is 4.74 Å². The first-order valence-corrected chi connectivity index (χ1v) is 5.04. The quantitative estimate of drug-likeness (QED) is 0.638. The van der Waals surface area contributed by atoms with Crippen molar-refractivity contribution in [1.29, 1.82) is 0 Å². The van der Waals surface area contributed by atoms with E-state index < -0.39 is 0 Å². The molecule has 0 heterocycles. The summed E-state index contributed by atoms with van der Waals surface area (Å²) < 4.78 is 4.60. The molecule has 0 amide bonds. The molecular weight excluding hydrogens is 214 g/mol. The van der Waals surface area contributed by atoms with Gasteiger partial charge in [-0.25, -0.2) is 0 Å². The van der Waals surface area contributed by atoms with Crippen LogP contribution in [0.15, 0.2) is 18.2 Å². The van der Waals surface area contributed by atoms with Crippen molar-refractivity contribution >= 4 is 23.3 Å². The number of hydrogen-bond acceptors (Lipinski definition) is 3. The molecule has 0 saturated carbocycles. The Bertz CT molecular complexity index is 366. The van der Waals surface area contributed by atoms with Gasteiger partial charge in [0.05, 0.1) is 13.5 Å². The van der Waals surface area contributed by atoms with Gasteiger partial charge in [-0.3, -0.25) is 4.79 Å². The molecular formula is C11H14ClNO2. The van der Waals surface area contributed by atoms with E-state index in [-0.39, 0.29) is 11.9 Å². The first-order chi connectivity index (χ1) is 7.04. The molecule has 1 rings (SSSR count). The number of nitrogen functional groups attached to an aromatic ring is 1. The van der Waals surface area contributed by atoms with Crippen LogP contribution in [0.1, 0.15) is 24.8 Å². The molecule has 0 bridgehead atoms. The summed E-state index contributed by atoms with van der Waals surface area (Å²) >= 11 is 5.86. The van der Waals surface area contributed by atoms with Crippen LogP contribution in [-0.2, 0) is 9.53 Å². The third-order valence-corrected chi connectivity index (χ3v) is 2.52. The lowest BCUT2D eigenvalue weighted by atomic mass is 9.96. The van der Waals surface area contributed by atoms with Crippen LogP contribution in [0.2, 0.25) is 5.02 Å². The van der Waals surface area contributed by atoms with Crippen LogP contribution >= 0.6 is 11.6 Å². The average molecular weight is 228 g/mol. The Morgan fingerprint density at radius 1 is 1.60 bits per heavy atom. The van der Waals surface area contributed by atoms with Crippen molar-refractivity contribution in [2.45, 2.75) is 19.3 Å². The van der Waals surface area contributed by atoms with E-state index in [1.807, 2.05) is 6.92 Å². The van der Waals surface area contributed by atoms with E-state index in [9.17, 15) is 4.79 Å². The molecule has 0 aliphatic rings. The van der Waals surface area contributed by atoms with Gasteiger partial charge < -0.3 is 10.5 Å². The standard InChI is InChI=1S/C11H14ClNO2/c1-7(5-11(14)15-2)9-6-8(12)3-4-10(9)13/h3-4,6-7H,5,13H2,1-2H3. The Kier molecular flexibility index (Phi) is 3.97. The van der Waals surface area contributed by atoms with Gasteiger partial charge in [0, 0.05) is 10.7 Å². The highest BCUT2D eigenvalue weighted by Gasteiger charge is 2.14. The summed E-state index contributed by atoms with van der Waals surface area (Å²) in [6.45, 7) is 1.92. The molecule has 82 valence electrons. The summed E-state index contributed by atoms with van der Waals surface area (Å²) in [5, 5.41) is 0.621. The molecule has 1 aromatic rings. The second-order valence-electron chi connectivity index (χ2n) is 3.45. The van der Waals surface area contributed by atoms with E-state index in [4.69, 9.17) is 17.3 Å². The van der Waals surface area contributed by atoms with E-state index in [1.165, 1.54) is 7.11 Å². The molecule has 0 aliphatic carbocycles.